The molecule has 16 heavy (non-hydrogen) atoms. The summed E-state index contributed by atoms with van der Waals surface area (Å²) in [7, 11) is 0. The lowest BCUT2D eigenvalue weighted by atomic mass is 10.2. The van der Waals surface area contributed by atoms with Gasteiger partial charge >= 0.3 is 6.18 Å². The summed E-state index contributed by atoms with van der Waals surface area (Å²) in [6, 6.07) is 4.01. The number of benzene rings is 1. The summed E-state index contributed by atoms with van der Waals surface area (Å²) in [5, 5.41) is 2.97. The van der Waals surface area contributed by atoms with Crippen LogP contribution >= 0.6 is 11.6 Å². The average Bonchev–Trinajstić information content (AvgIpc) is 2.08. The zero-order valence-corrected chi connectivity index (χ0v) is 9.36. The van der Waals surface area contributed by atoms with E-state index >= 15 is 0 Å². The standard InChI is InChI=1S/C10H12ClF3N2/c1-6(5-10(12,13)14)16-9-7(11)3-2-4-8(9)15/h2-4,6,16H,5,15H2,1H3. The van der Waals surface area contributed by atoms with Gasteiger partial charge < -0.3 is 11.1 Å². The van der Waals surface area contributed by atoms with Crippen LogP contribution in [0.5, 0.6) is 0 Å². The van der Waals surface area contributed by atoms with Crippen molar-refractivity contribution in [2.75, 3.05) is 11.1 Å². The van der Waals surface area contributed by atoms with Crippen molar-refractivity contribution in [3.63, 3.8) is 0 Å². The predicted molar refractivity (Wildman–Crippen MR) is 59.6 cm³/mol. The second-order valence-electron chi connectivity index (χ2n) is 3.57. The normalized spacial score (nSPS) is 13.6. The van der Waals surface area contributed by atoms with Crippen molar-refractivity contribution in [2.45, 2.75) is 25.6 Å². The van der Waals surface area contributed by atoms with Gasteiger partial charge in [-0.25, -0.2) is 0 Å². The lowest BCUT2D eigenvalue weighted by Gasteiger charge is -2.19. The summed E-state index contributed by atoms with van der Waals surface area (Å²) in [6.45, 7) is 1.43. The van der Waals surface area contributed by atoms with Crippen LogP contribution in [-0.4, -0.2) is 12.2 Å². The lowest BCUT2D eigenvalue weighted by Crippen LogP contribution is -2.24. The summed E-state index contributed by atoms with van der Waals surface area (Å²) >= 11 is 5.82. The van der Waals surface area contributed by atoms with Crippen LogP contribution in [0.3, 0.4) is 0 Å². The first-order chi connectivity index (χ1) is 7.29. The molecule has 0 radical (unpaired) electrons. The highest BCUT2D eigenvalue weighted by atomic mass is 35.5. The number of nitrogens with two attached hydrogens (primary N) is 1. The Bertz CT molecular complexity index is 345. The molecule has 0 aliphatic heterocycles. The molecular formula is C10H12ClF3N2. The van der Waals surface area contributed by atoms with Crippen LogP contribution in [0.4, 0.5) is 24.5 Å². The van der Waals surface area contributed by atoms with Gasteiger partial charge in [0.05, 0.1) is 22.8 Å². The minimum Gasteiger partial charge on any atom is -0.397 e. The van der Waals surface area contributed by atoms with E-state index in [1.54, 1.807) is 18.2 Å². The van der Waals surface area contributed by atoms with Crippen LogP contribution in [-0.2, 0) is 0 Å². The number of hydrogen-bond acceptors (Lipinski definition) is 2. The van der Waals surface area contributed by atoms with Crippen molar-refractivity contribution in [1.82, 2.24) is 0 Å². The maximum atomic E-state index is 12.1. The van der Waals surface area contributed by atoms with E-state index < -0.39 is 18.6 Å². The molecule has 0 fully saturated rings. The van der Waals surface area contributed by atoms with Crippen molar-refractivity contribution in [1.29, 1.82) is 0 Å². The first-order valence-electron chi connectivity index (χ1n) is 4.67. The van der Waals surface area contributed by atoms with E-state index in [9.17, 15) is 13.2 Å². The van der Waals surface area contributed by atoms with Crippen LogP contribution in [0, 0.1) is 0 Å². The van der Waals surface area contributed by atoms with Crippen molar-refractivity contribution in [3.8, 4) is 0 Å². The third-order valence-corrected chi connectivity index (χ3v) is 2.29. The average molecular weight is 253 g/mol. The van der Waals surface area contributed by atoms with Gasteiger partial charge in [-0.05, 0) is 19.1 Å². The Hall–Kier alpha value is -1.10. The third-order valence-electron chi connectivity index (χ3n) is 1.97. The molecule has 0 heterocycles. The number of alkyl halides is 3. The quantitative estimate of drug-likeness (QED) is 0.806. The molecule has 0 amide bonds. The van der Waals surface area contributed by atoms with Crippen LogP contribution in [0.15, 0.2) is 18.2 Å². The van der Waals surface area contributed by atoms with Gasteiger partial charge in [0.15, 0.2) is 0 Å². The molecule has 0 saturated carbocycles. The molecule has 1 unspecified atom stereocenters. The molecule has 2 nitrogen and oxygen atoms in total. The molecule has 1 rings (SSSR count). The van der Waals surface area contributed by atoms with E-state index in [0.717, 1.165) is 0 Å². The maximum Gasteiger partial charge on any atom is 0.391 e. The number of para-hydroxylation sites is 1. The van der Waals surface area contributed by atoms with E-state index in [4.69, 9.17) is 17.3 Å². The van der Waals surface area contributed by atoms with Gasteiger partial charge in [0, 0.05) is 6.04 Å². The maximum absolute atomic E-state index is 12.1. The van der Waals surface area contributed by atoms with Gasteiger partial charge in [0.25, 0.3) is 0 Å². The number of rotatable bonds is 3. The topological polar surface area (TPSA) is 38.0 Å². The lowest BCUT2D eigenvalue weighted by molar-refractivity contribution is -0.136. The Kier molecular flexibility index (Phi) is 3.91. The van der Waals surface area contributed by atoms with Crippen LogP contribution in [0.25, 0.3) is 0 Å². The fourth-order valence-corrected chi connectivity index (χ4v) is 1.57. The summed E-state index contributed by atoms with van der Waals surface area (Å²) < 4.78 is 36.3. The van der Waals surface area contributed by atoms with Crippen molar-refractivity contribution in [2.24, 2.45) is 0 Å². The predicted octanol–water partition coefficient (Wildman–Crippen LogP) is 3.68. The summed E-state index contributed by atoms with van der Waals surface area (Å²) in [6.07, 6.45) is -5.14. The molecule has 6 heteroatoms. The number of halogens is 4. The Morgan fingerprint density at radius 3 is 2.56 bits per heavy atom. The molecule has 0 aromatic heterocycles. The molecule has 0 spiro atoms. The number of nitrogens with one attached hydrogen (secondary N) is 1. The summed E-state index contributed by atoms with van der Waals surface area (Å²) in [4.78, 5) is 0. The smallest absolute Gasteiger partial charge is 0.391 e. The van der Waals surface area contributed by atoms with Crippen LogP contribution in [0.2, 0.25) is 5.02 Å². The summed E-state index contributed by atoms with van der Waals surface area (Å²) in [5.74, 6) is 0. The molecule has 0 bridgehead atoms. The molecule has 1 atom stereocenters. The highest BCUT2D eigenvalue weighted by Crippen LogP contribution is 2.30. The van der Waals surface area contributed by atoms with Gasteiger partial charge in [-0.3, -0.25) is 0 Å². The Balaban J connectivity index is 2.73. The van der Waals surface area contributed by atoms with E-state index in [0.29, 0.717) is 16.4 Å². The zero-order valence-electron chi connectivity index (χ0n) is 8.61. The second-order valence-corrected chi connectivity index (χ2v) is 3.98. The highest BCUT2D eigenvalue weighted by molar-refractivity contribution is 6.33. The fourth-order valence-electron chi connectivity index (χ4n) is 1.34. The SMILES string of the molecule is CC(CC(F)(F)F)Nc1c(N)cccc1Cl. The summed E-state index contributed by atoms with van der Waals surface area (Å²) in [5.41, 5.74) is 6.29. The third kappa shape index (κ3) is 3.81. The van der Waals surface area contributed by atoms with Crippen molar-refractivity contribution in [3.05, 3.63) is 23.2 Å². The Morgan fingerprint density at radius 1 is 1.44 bits per heavy atom. The van der Waals surface area contributed by atoms with Gasteiger partial charge in [-0.15, -0.1) is 0 Å². The van der Waals surface area contributed by atoms with Gasteiger partial charge in [-0.2, -0.15) is 13.2 Å². The number of nitrogen functional groups attached to an aromatic ring is 1. The Morgan fingerprint density at radius 2 is 2.06 bits per heavy atom. The molecule has 0 aliphatic carbocycles. The van der Waals surface area contributed by atoms with E-state index in [2.05, 4.69) is 5.32 Å². The van der Waals surface area contributed by atoms with Gasteiger partial charge in [0.1, 0.15) is 0 Å². The number of anilines is 2. The molecule has 1 aromatic rings. The monoisotopic (exact) mass is 252 g/mol. The fraction of sp³-hybridized carbons (Fsp3) is 0.400. The van der Waals surface area contributed by atoms with Crippen molar-refractivity contribution < 1.29 is 13.2 Å². The van der Waals surface area contributed by atoms with Crippen LogP contribution in [0.1, 0.15) is 13.3 Å². The largest absolute Gasteiger partial charge is 0.397 e. The van der Waals surface area contributed by atoms with Gasteiger partial charge in [0.2, 0.25) is 0 Å². The van der Waals surface area contributed by atoms with E-state index in [-0.39, 0.29) is 0 Å². The molecule has 0 aliphatic rings. The van der Waals surface area contributed by atoms with E-state index in [1.807, 2.05) is 0 Å². The Labute approximate surface area is 96.6 Å². The van der Waals surface area contributed by atoms with E-state index in [1.165, 1.54) is 6.92 Å². The molecule has 1 aromatic carbocycles. The first kappa shape index (κ1) is 13.0. The molecule has 0 saturated heterocycles. The minimum absolute atomic E-state index is 0.314. The van der Waals surface area contributed by atoms with Gasteiger partial charge in [-0.1, -0.05) is 17.7 Å². The zero-order chi connectivity index (χ0) is 12.3. The second kappa shape index (κ2) is 4.82. The van der Waals surface area contributed by atoms with Crippen molar-refractivity contribution >= 4 is 23.0 Å². The molecule has 3 N–H and O–H groups in total. The minimum atomic E-state index is -4.21. The molecule has 90 valence electrons. The number of hydrogen-bond donors (Lipinski definition) is 2. The first-order valence-corrected chi connectivity index (χ1v) is 5.04. The highest BCUT2D eigenvalue weighted by Gasteiger charge is 2.30. The van der Waals surface area contributed by atoms with Crippen LogP contribution < -0.4 is 11.1 Å². The molecular weight excluding hydrogens is 241 g/mol.